The minimum Gasteiger partial charge on any atom is -0.438 e. The number of hydrogen-bond acceptors (Lipinski definition) is 2. The summed E-state index contributed by atoms with van der Waals surface area (Å²) in [6.07, 6.45) is -5.34. The zero-order chi connectivity index (χ0) is 21.2. The number of ether oxygens (including phenoxy) is 1. The van der Waals surface area contributed by atoms with Gasteiger partial charge in [-0.1, -0.05) is 36.4 Å². The van der Waals surface area contributed by atoms with Gasteiger partial charge in [0, 0.05) is 16.7 Å². The predicted octanol–water partition coefficient (Wildman–Crippen LogP) is 5.50. The Morgan fingerprint density at radius 1 is 0.586 bits per heavy atom. The van der Waals surface area contributed by atoms with Gasteiger partial charge in [-0.3, -0.25) is 0 Å². The SMILES string of the molecule is O=C(OC(c1ccc(F)cc1)(c1ccc(F)cc1)c1ccc(F)cc1)C(F)(F)F. The summed E-state index contributed by atoms with van der Waals surface area (Å²) in [7, 11) is 0. The van der Waals surface area contributed by atoms with Crippen LogP contribution in [0.5, 0.6) is 0 Å². The third-order valence-electron chi connectivity index (χ3n) is 4.23. The monoisotopic (exact) mass is 410 g/mol. The van der Waals surface area contributed by atoms with Gasteiger partial charge in [0.05, 0.1) is 0 Å². The normalized spacial score (nSPS) is 11.9. The van der Waals surface area contributed by atoms with Gasteiger partial charge in [-0.05, 0) is 36.4 Å². The molecule has 0 spiro atoms. The molecule has 0 fully saturated rings. The topological polar surface area (TPSA) is 26.3 Å². The van der Waals surface area contributed by atoms with Crippen LogP contribution < -0.4 is 0 Å². The Labute approximate surface area is 161 Å². The number of hydrogen-bond donors (Lipinski definition) is 0. The van der Waals surface area contributed by atoms with Crippen LogP contribution in [0.25, 0.3) is 0 Å². The number of carbonyl (C=O) groups excluding carboxylic acids is 1. The lowest BCUT2D eigenvalue weighted by molar-refractivity contribution is -0.209. The van der Waals surface area contributed by atoms with Crippen molar-refractivity contribution in [2.24, 2.45) is 0 Å². The fraction of sp³-hybridized carbons (Fsp3) is 0.0952. The highest BCUT2D eigenvalue weighted by atomic mass is 19.4. The van der Waals surface area contributed by atoms with Gasteiger partial charge in [0.2, 0.25) is 0 Å². The maximum Gasteiger partial charge on any atom is 0.490 e. The number of alkyl halides is 3. The van der Waals surface area contributed by atoms with E-state index < -0.39 is 35.2 Å². The maximum absolute atomic E-state index is 13.5. The first-order chi connectivity index (χ1) is 13.6. The van der Waals surface area contributed by atoms with E-state index in [4.69, 9.17) is 4.74 Å². The van der Waals surface area contributed by atoms with Crippen molar-refractivity contribution in [1.82, 2.24) is 0 Å². The van der Waals surface area contributed by atoms with E-state index >= 15 is 0 Å². The summed E-state index contributed by atoms with van der Waals surface area (Å²) in [6.45, 7) is 0. The molecule has 2 nitrogen and oxygen atoms in total. The van der Waals surface area contributed by atoms with E-state index in [1.54, 1.807) is 0 Å². The molecule has 0 aliphatic heterocycles. The smallest absolute Gasteiger partial charge is 0.438 e. The van der Waals surface area contributed by atoms with E-state index in [0.29, 0.717) is 0 Å². The van der Waals surface area contributed by atoms with Crippen LogP contribution in [-0.4, -0.2) is 12.1 Å². The Morgan fingerprint density at radius 3 is 1.10 bits per heavy atom. The van der Waals surface area contributed by atoms with Crippen LogP contribution in [0.2, 0.25) is 0 Å². The summed E-state index contributed by atoms with van der Waals surface area (Å²) < 4.78 is 84.5. The van der Waals surface area contributed by atoms with E-state index in [2.05, 4.69) is 0 Å². The largest absolute Gasteiger partial charge is 0.490 e. The highest BCUT2D eigenvalue weighted by molar-refractivity contribution is 5.77. The van der Waals surface area contributed by atoms with Gasteiger partial charge in [-0.2, -0.15) is 13.2 Å². The Bertz CT molecular complexity index is 882. The van der Waals surface area contributed by atoms with Crippen LogP contribution in [0.4, 0.5) is 26.3 Å². The maximum atomic E-state index is 13.5. The molecule has 3 rings (SSSR count). The average Bonchev–Trinajstić information content (AvgIpc) is 2.67. The van der Waals surface area contributed by atoms with Gasteiger partial charge in [0.15, 0.2) is 5.60 Å². The second kappa shape index (κ2) is 7.62. The van der Waals surface area contributed by atoms with Crippen molar-refractivity contribution in [2.75, 3.05) is 0 Å². The zero-order valence-electron chi connectivity index (χ0n) is 14.5. The first-order valence-electron chi connectivity index (χ1n) is 8.21. The molecule has 0 heterocycles. The minimum absolute atomic E-state index is 0.0466. The lowest BCUT2D eigenvalue weighted by atomic mass is 9.80. The quantitative estimate of drug-likeness (QED) is 0.323. The molecular formula is C21H12F6O2. The van der Waals surface area contributed by atoms with Crippen molar-refractivity contribution in [1.29, 1.82) is 0 Å². The molecule has 0 saturated heterocycles. The second-order valence-electron chi connectivity index (χ2n) is 6.09. The van der Waals surface area contributed by atoms with E-state index in [0.717, 1.165) is 72.8 Å². The standard InChI is InChI=1S/C21H12F6O2/c22-16-7-1-13(2-8-16)20(29-19(28)21(25,26)27,14-3-9-17(23)10-4-14)15-5-11-18(24)12-6-15/h1-12H. The molecule has 0 bridgehead atoms. The third kappa shape index (κ3) is 4.11. The van der Waals surface area contributed by atoms with E-state index in [1.165, 1.54) is 0 Å². The highest BCUT2D eigenvalue weighted by Crippen LogP contribution is 2.42. The van der Waals surface area contributed by atoms with E-state index in [1.807, 2.05) is 0 Å². The van der Waals surface area contributed by atoms with Crippen LogP contribution in [0.1, 0.15) is 16.7 Å². The average molecular weight is 410 g/mol. The molecule has 0 aliphatic rings. The number of halogens is 6. The molecule has 8 heteroatoms. The Morgan fingerprint density at radius 2 is 0.862 bits per heavy atom. The number of rotatable bonds is 4. The zero-order valence-corrected chi connectivity index (χ0v) is 14.5. The summed E-state index contributed by atoms with van der Waals surface area (Å²) in [6, 6.07) is 12.6. The minimum atomic E-state index is -5.34. The van der Waals surface area contributed by atoms with Crippen LogP contribution >= 0.6 is 0 Å². The number of benzene rings is 3. The molecule has 0 atom stereocenters. The molecule has 0 saturated carbocycles. The summed E-state index contributed by atoms with van der Waals surface area (Å²) in [5, 5.41) is 0. The fourth-order valence-corrected chi connectivity index (χ4v) is 2.93. The van der Waals surface area contributed by atoms with Crippen molar-refractivity contribution in [3.63, 3.8) is 0 Å². The molecule has 0 aromatic heterocycles. The van der Waals surface area contributed by atoms with Gasteiger partial charge in [-0.25, -0.2) is 18.0 Å². The predicted molar refractivity (Wildman–Crippen MR) is 91.2 cm³/mol. The van der Waals surface area contributed by atoms with Crippen molar-refractivity contribution in [3.05, 3.63) is 107 Å². The summed E-state index contributed by atoms with van der Waals surface area (Å²) >= 11 is 0. The summed E-state index contributed by atoms with van der Waals surface area (Å²) in [5.74, 6) is -4.55. The lowest BCUT2D eigenvalue weighted by Gasteiger charge is -2.35. The van der Waals surface area contributed by atoms with Gasteiger partial charge in [-0.15, -0.1) is 0 Å². The molecular weight excluding hydrogens is 398 g/mol. The molecule has 150 valence electrons. The number of carbonyl (C=O) groups is 1. The molecule has 0 unspecified atom stereocenters. The van der Waals surface area contributed by atoms with Crippen molar-refractivity contribution < 1.29 is 35.9 Å². The molecule has 0 amide bonds. The van der Waals surface area contributed by atoms with E-state index in [-0.39, 0.29) is 16.7 Å². The van der Waals surface area contributed by atoms with Crippen LogP contribution in [0, 0.1) is 17.5 Å². The van der Waals surface area contributed by atoms with Gasteiger partial charge >= 0.3 is 12.1 Å². The molecule has 3 aromatic rings. The van der Waals surface area contributed by atoms with Crippen molar-refractivity contribution in [3.8, 4) is 0 Å². The van der Waals surface area contributed by atoms with Crippen LogP contribution in [-0.2, 0) is 15.1 Å². The first kappa shape index (κ1) is 20.4. The Kier molecular flexibility index (Phi) is 5.37. The van der Waals surface area contributed by atoms with Crippen LogP contribution in [0.15, 0.2) is 72.8 Å². The lowest BCUT2D eigenvalue weighted by Crippen LogP contribution is -2.40. The molecule has 3 aromatic carbocycles. The molecule has 0 aliphatic carbocycles. The highest BCUT2D eigenvalue weighted by Gasteiger charge is 2.49. The number of esters is 1. The van der Waals surface area contributed by atoms with Crippen molar-refractivity contribution in [2.45, 2.75) is 11.8 Å². The summed E-state index contributed by atoms with van der Waals surface area (Å²) in [5.41, 5.74) is -2.37. The van der Waals surface area contributed by atoms with Crippen molar-refractivity contribution >= 4 is 5.97 Å². The fourth-order valence-electron chi connectivity index (χ4n) is 2.93. The van der Waals surface area contributed by atoms with Gasteiger partial charge < -0.3 is 4.74 Å². The van der Waals surface area contributed by atoms with Gasteiger partial charge in [0.25, 0.3) is 0 Å². The molecule has 29 heavy (non-hydrogen) atoms. The Balaban J connectivity index is 2.33. The summed E-state index contributed by atoms with van der Waals surface area (Å²) in [4.78, 5) is 11.8. The van der Waals surface area contributed by atoms with Crippen LogP contribution in [0.3, 0.4) is 0 Å². The first-order valence-corrected chi connectivity index (χ1v) is 8.21. The second-order valence-corrected chi connectivity index (χ2v) is 6.09. The van der Waals surface area contributed by atoms with Gasteiger partial charge in [0.1, 0.15) is 17.5 Å². The molecule has 0 radical (unpaired) electrons. The van der Waals surface area contributed by atoms with E-state index in [9.17, 15) is 31.1 Å². The Hall–Kier alpha value is -3.29. The third-order valence-corrected chi connectivity index (χ3v) is 4.23. The molecule has 0 N–H and O–H groups in total.